The Kier molecular flexibility index (Phi) is 4.36. The number of nitrogens with zero attached hydrogens (tertiary/aromatic N) is 2. The van der Waals surface area contributed by atoms with Crippen molar-refractivity contribution in [3.63, 3.8) is 0 Å². The first-order chi connectivity index (χ1) is 10.3. The van der Waals surface area contributed by atoms with E-state index in [2.05, 4.69) is 42.8 Å². The van der Waals surface area contributed by atoms with Gasteiger partial charge in [0.15, 0.2) is 0 Å². The third-order valence-corrected chi connectivity index (χ3v) is 5.52. The number of hydrogen-bond acceptors (Lipinski definition) is 3. The molecule has 1 atom stereocenters. The molecule has 1 unspecified atom stereocenters. The summed E-state index contributed by atoms with van der Waals surface area (Å²) in [4.78, 5) is 1.41. The SMILES string of the molecule is CCc1nn(CC2CSc3ccccc32)c(CC)c1CO. The van der Waals surface area contributed by atoms with Crippen LogP contribution in [0.4, 0.5) is 0 Å². The van der Waals surface area contributed by atoms with Crippen LogP contribution >= 0.6 is 11.8 Å². The van der Waals surface area contributed by atoms with Crippen LogP contribution in [-0.2, 0) is 26.0 Å². The van der Waals surface area contributed by atoms with Gasteiger partial charge in [0.05, 0.1) is 12.3 Å². The van der Waals surface area contributed by atoms with Crippen LogP contribution < -0.4 is 0 Å². The molecule has 4 heteroatoms. The van der Waals surface area contributed by atoms with Crippen molar-refractivity contribution in [3.8, 4) is 0 Å². The Balaban J connectivity index is 1.91. The Bertz CT molecular complexity index is 636. The van der Waals surface area contributed by atoms with Crippen LogP contribution in [0, 0.1) is 0 Å². The summed E-state index contributed by atoms with van der Waals surface area (Å²) in [7, 11) is 0. The van der Waals surface area contributed by atoms with Gasteiger partial charge >= 0.3 is 0 Å². The fourth-order valence-corrected chi connectivity index (χ4v) is 4.43. The Labute approximate surface area is 130 Å². The fraction of sp³-hybridized carbons (Fsp3) is 0.471. The lowest BCUT2D eigenvalue weighted by Gasteiger charge is -2.13. The molecule has 112 valence electrons. The topological polar surface area (TPSA) is 38.0 Å². The van der Waals surface area contributed by atoms with Crippen LogP contribution in [-0.4, -0.2) is 20.6 Å². The maximum atomic E-state index is 9.64. The Morgan fingerprint density at radius 2 is 2.10 bits per heavy atom. The molecule has 0 radical (unpaired) electrons. The van der Waals surface area contributed by atoms with Gasteiger partial charge in [-0.25, -0.2) is 0 Å². The number of thioether (sulfide) groups is 1. The highest BCUT2D eigenvalue weighted by atomic mass is 32.2. The van der Waals surface area contributed by atoms with E-state index in [1.54, 1.807) is 0 Å². The van der Waals surface area contributed by atoms with Crippen LogP contribution in [0.25, 0.3) is 0 Å². The average molecular weight is 302 g/mol. The van der Waals surface area contributed by atoms with E-state index in [-0.39, 0.29) is 6.61 Å². The second-order valence-corrected chi connectivity index (χ2v) is 6.53. The van der Waals surface area contributed by atoms with Gasteiger partial charge in [-0.3, -0.25) is 4.68 Å². The second-order valence-electron chi connectivity index (χ2n) is 5.47. The normalized spacial score (nSPS) is 17.2. The lowest BCUT2D eigenvalue weighted by molar-refractivity contribution is 0.279. The monoisotopic (exact) mass is 302 g/mol. The van der Waals surface area contributed by atoms with Crippen LogP contribution in [0.3, 0.4) is 0 Å². The molecule has 3 rings (SSSR count). The quantitative estimate of drug-likeness (QED) is 0.920. The van der Waals surface area contributed by atoms with Crippen molar-refractivity contribution >= 4 is 11.8 Å². The molecule has 0 amide bonds. The number of aromatic nitrogens is 2. The molecule has 0 spiro atoms. The van der Waals surface area contributed by atoms with E-state index < -0.39 is 0 Å². The second kappa shape index (κ2) is 6.24. The summed E-state index contributed by atoms with van der Waals surface area (Å²) >= 11 is 1.94. The summed E-state index contributed by atoms with van der Waals surface area (Å²) in [6.45, 7) is 5.26. The lowest BCUT2D eigenvalue weighted by Crippen LogP contribution is -2.13. The number of aliphatic hydroxyl groups is 1. The van der Waals surface area contributed by atoms with E-state index in [1.807, 2.05) is 11.8 Å². The standard InChI is InChI=1S/C17H22N2OS/c1-3-15-14(10-20)16(4-2)19(18-15)9-12-11-21-17-8-6-5-7-13(12)17/h5-8,12,20H,3-4,9-11H2,1-2H3. The van der Waals surface area contributed by atoms with Gasteiger partial charge in [-0.15, -0.1) is 11.8 Å². The Morgan fingerprint density at radius 3 is 2.81 bits per heavy atom. The molecule has 1 aromatic carbocycles. The summed E-state index contributed by atoms with van der Waals surface area (Å²) in [6, 6.07) is 8.68. The van der Waals surface area contributed by atoms with Crippen molar-refractivity contribution in [1.82, 2.24) is 9.78 Å². The molecule has 1 N–H and O–H groups in total. The summed E-state index contributed by atoms with van der Waals surface area (Å²) < 4.78 is 2.14. The van der Waals surface area contributed by atoms with E-state index in [1.165, 1.54) is 16.2 Å². The molecular weight excluding hydrogens is 280 g/mol. The largest absolute Gasteiger partial charge is 0.392 e. The first-order valence-electron chi connectivity index (χ1n) is 7.68. The predicted molar refractivity (Wildman–Crippen MR) is 86.8 cm³/mol. The lowest BCUT2D eigenvalue weighted by atomic mass is 10.0. The van der Waals surface area contributed by atoms with Crippen LogP contribution in [0.5, 0.6) is 0 Å². The van der Waals surface area contributed by atoms with E-state index in [4.69, 9.17) is 5.10 Å². The van der Waals surface area contributed by atoms with Gasteiger partial charge in [0.2, 0.25) is 0 Å². The molecule has 3 nitrogen and oxygen atoms in total. The van der Waals surface area contributed by atoms with Gasteiger partial charge in [0.1, 0.15) is 0 Å². The first-order valence-corrected chi connectivity index (χ1v) is 8.67. The molecule has 1 aromatic heterocycles. The number of aliphatic hydroxyl groups excluding tert-OH is 1. The molecule has 0 bridgehead atoms. The number of fused-ring (bicyclic) bond motifs is 1. The highest BCUT2D eigenvalue weighted by Gasteiger charge is 2.25. The van der Waals surface area contributed by atoms with E-state index >= 15 is 0 Å². The smallest absolute Gasteiger partial charge is 0.0718 e. The number of aryl methyl sites for hydroxylation is 1. The van der Waals surface area contributed by atoms with Crippen LogP contribution in [0.1, 0.15) is 42.3 Å². The molecule has 0 saturated carbocycles. The summed E-state index contributed by atoms with van der Waals surface area (Å²) in [5.74, 6) is 1.64. The predicted octanol–water partition coefficient (Wildman–Crippen LogP) is 3.39. The first kappa shape index (κ1) is 14.7. The fourth-order valence-electron chi connectivity index (χ4n) is 3.19. The third-order valence-electron chi connectivity index (χ3n) is 4.27. The highest BCUT2D eigenvalue weighted by molar-refractivity contribution is 7.99. The molecule has 2 heterocycles. The van der Waals surface area contributed by atoms with E-state index in [0.29, 0.717) is 5.92 Å². The van der Waals surface area contributed by atoms with Crippen molar-refractivity contribution in [1.29, 1.82) is 0 Å². The summed E-state index contributed by atoms with van der Waals surface area (Å²) in [5, 5.41) is 14.4. The van der Waals surface area contributed by atoms with Gasteiger partial charge in [0.25, 0.3) is 0 Å². The number of rotatable bonds is 5. The van der Waals surface area contributed by atoms with Gasteiger partial charge in [-0.2, -0.15) is 5.10 Å². The molecular formula is C17H22N2OS. The zero-order valence-electron chi connectivity index (χ0n) is 12.7. The zero-order chi connectivity index (χ0) is 14.8. The van der Waals surface area contributed by atoms with Gasteiger partial charge < -0.3 is 5.11 Å². The van der Waals surface area contributed by atoms with Crippen molar-refractivity contribution in [3.05, 3.63) is 46.8 Å². The third kappa shape index (κ3) is 2.62. The maximum Gasteiger partial charge on any atom is 0.0718 e. The summed E-state index contributed by atoms with van der Waals surface area (Å²) in [6.07, 6.45) is 1.80. The highest BCUT2D eigenvalue weighted by Crippen LogP contribution is 2.40. The minimum atomic E-state index is 0.0996. The van der Waals surface area contributed by atoms with Crippen molar-refractivity contribution < 1.29 is 5.11 Å². The van der Waals surface area contributed by atoms with Crippen LogP contribution in [0.2, 0.25) is 0 Å². The van der Waals surface area contributed by atoms with Crippen molar-refractivity contribution in [2.24, 2.45) is 0 Å². The Morgan fingerprint density at radius 1 is 1.29 bits per heavy atom. The minimum Gasteiger partial charge on any atom is -0.392 e. The van der Waals surface area contributed by atoms with E-state index in [9.17, 15) is 5.11 Å². The minimum absolute atomic E-state index is 0.0996. The van der Waals surface area contributed by atoms with Crippen molar-refractivity contribution in [2.45, 2.75) is 50.7 Å². The molecule has 1 aliphatic rings. The zero-order valence-corrected chi connectivity index (χ0v) is 13.5. The average Bonchev–Trinajstić information content (AvgIpc) is 3.08. The summed E-state index contributed by atoms with van der Waals surface area (Å²) in [5.41, 5.74) is 4.74. The van der Waals surface area contributed by atoms with Crippen LogP contribution in [0.15, 0.2) is 29.2 Å². The molecule has 0 saturated heterocycles. The maximum absolute atomic E-state index is 9.64. The van der Waals surface area contributed by atoms with Gasteiger partial charge in [-0.05, 0) is 24.5 Å². The molecule has 21 heavy (non-hydrogen) atoms. The van der Waals surface area contributed by atoms with E-state index in [0.717, 1.165) is 36.4 Å². The molecule has 2 aromatic rings. The van der Waals surface area contributed by atoms with Gasteiger partial charge in [0, 0.05) is 34.4 Å². The molecule has 0 fully saturated rings. The molecule has 1 aliphatic heterocycles. The van der Waals surface area contributed by atoms with Crippen molar-refractivity contribution in [2.75, 3.05) is 5.75 Å². The number of benzene rings is 1. The Hall–Kier alpha value is -1.26. The van der Waals surface area contributed by atoms with Gasteiger partial charge in [-0.1, -0.05) is 32.0 Å². The molecule has 0 aliphatic carbocycles. The number of hydrogen-bond donors (Lipinski definition) is 1.